The van der Waals surface area contributed by atoms with E-state index in [0.717, 1.165) is 0 Å². The number of amides is 1. The zero-order valence-electron chi connectivity index (χ0n) is 13.2. The number of carbonyl (C=O) groups excluding carboxylic acids is 1. The van der Waals surface area contributed by atoms with Crippen molar-refractivity contribution in [2.45, 2.75) is 10.9 Å². The van der Waals surface area contributed by atoms with Crippen LogP contribution >= 0.6 is 0 Å². The second-order valence-corrected chi connectivity index (χ2v) is 7.51. The molecule has 1 amide bonds. The molecule has 1 aromatic heterocycles. The maximum Gasteiger partial charge on any atom is 0.248 e. The summed E-state index contributed by atoms with van der Waals surface area (Å²) < 4.78 is 29.4. The fourth-order valence-electron chi connectivity index (χ4n) is 2.84. The Labute approximate surface area is 140 Å². The minimum Gasteiger partial charge on any atom is -0.366 e. The predicted octanol–water partition coefficient (Wildman–Crippen LogP) is -0.146. The van der Waals surface area contributed by atoms with Crippen LogP contribution in [-0.4, -0.2) is 47.8 Å². The van der Waals surface area contributed by atoms with E-state index < -0.39 is 22.0 Å². The first kappa shape index (κ1) is 16.6. The van der Waals surface area contributed by atoms with Crippen molar-refractivity contribution in [2.75, 3.05) is 19.6 Å². The number of carbonyl (C=O) groups is 1. The molecule has 1 aromatic carbocycles. The number of aromatic nitrogens is 2. The first-order chi connectivity index (χ1) is 11.4. The molecule has 1 atom stereocenters. The van der Waals surface area contributed by atoms with Crippen LogP contribution in [0.5, 0.6) is 0 Å². The molecule has 8 nitrogen and oxygen atoms in total. The van der Waals surface area contributed by atoms with Gasteiger partial charge in [0, 0.05) is 44.6 Å². The maximum absolute atomic E-state index is 13.1. The van der Waals surface area contributed by atoms with E-state index >= 15 is 0 Å². The van der Waals surface area contributed by atoms with Gasteiger partial charge in [-0.05, 0) is 18.2 Å². The molecule has 0 radical (unpaired) electrons. The van der Waals surface area contributed by atoms with Crippen LogP contribution in [0.3, 0.4) is 0 Å². The van der Waals surface area contributed by atoms with Crippen LogP contribution < -0.4 is 11.1 Å². The van der Waals surface area contributed by atoms with Gasteiger partial charge in [0.05, 0.1) is 10.9 Å². The van der Waals surface area contributed by atoms with Crippen molar-refractivity contribution in [2.24, 2.45) is 12.8 Å². The van der Waals surface area contributed by atoms with Crippen LogP contribution in [0.15, 0.2) is 41.6 Å². The summed E-state index contributed by atoms with van der Waals surface area (Å²) in [4.78, 5) is 15.7. The Kier molecular flexibility index (Phi) is 4.39. The molecule has 0 aliphatic carbocycles. The Bertz CT molecular complexity index is 861. The maximum atomic E-state index is 13.1. The van der Waals surface area contributed by atoms with Gasteiger partial charge >= 0.3 is 0 Å². The van der Waals surface area contributed by atoms with E-state index in [1.165, 1.54) is 28.6 Å². The molecule has 1 unspecified atom stereocenters. The summed E-state index contributed by atoms with van der Waals surface area (Å²) >= 11 is 0. The number of hydrogen-bond acceptors (Lipinski definition) is 5. The lowest BCUT2D eigenvalue weighted by molar-refractivity contribution is 0.1000. The number of primary amides is 1. The number of nitrogens with zero attached hydrogens (tertiary/aromatic N) is 3. The van der Waals surface area contributed by atoms with E-state index in [2.05, 4.69) is 10.3 Å². The minimum absolute atomic E-state index is 0.0555. The van der Waals surface area contributed by atoms with Crippen molar-refractivity contribution >= 4 is 15.9 Å². The fraction of sp³-hybridized carbons (Fsp3) is 0.333. The van der Waals surface area contributed by atoms with Gasteiger partial charge in [-0.1, -0.05) is 6.07 Å². The minimum atomic E-state index is -3.78. The molecule has 0 bridgehead atoms. The van der Waals surface area contributed by atoms with Crippen molar-refractivity contribution in [1.29, 1.82) is 0 Å². The van der Waals surface area contributed by atoms with Gasteiger partial charge in [0.2, 0.25) is 15.9 Å². The third-order valence-corrected chi connectivity index (χ3v) is 5.98. The van der Waals surface area contributed by atoms with Crippen molar-refractivity contribution in [3.8, 4) is 0 Å². The van der Waals surface area contributed by atoms with E-state index in [1.807, 2.05) is 7.05 Å². The third-order valence-electron chi connectivity index (χ3n) is 4.08. The molecule has 2 heterocycles. The van der Waals surface area contributed by atoms with E-state index in [4.69, 9.17) is 5.73 Å². The zero-order valence-corrected chi connectivity index (χ0v) is 14.0. The van der Waals surface area contributed by atoms with Gasteiger partial charge in [0.25, 0.3) is 0 Å². The molecule has 1 aliphatic heterocycles. The van der Waals surface area contributed by atoms with Gasteiger partial charge in [-0.15, -0.1) is 0 Å². The number of piperazine rings is 1. The molecule has 1 saturated heterocycles. The third kappa shape index (κ3) is 2.93. The molecule has 24 heavy (non-hydrogen) atoms. The Morgan fingerprint density at radius 2 is 2.21 bits per heavy atom. The van der Waals surface area contributed by atoms with Crippen molar-refractivity contribution in [3.05, 3.63) is 48.0 Å². The van der Waals surface area contributed by atoms with Crippen LogP contribution in [0.1, 0.15) is 22.2 Å². The molecule has 0 saturated carbocycles. The van der Waals surface area contributed by atoms with Gasteiger partial charge in [-0.3, -0.25) is 4.79 Å². The highest BCUT2D eigenvalue weighted by Gasteiger charge is 2.36. The van der Waals surface area contributed by atoms with Gasteiger partial charge in [-0.25, -0.2) is 13.4 Å². The molecule has 3 N–H and O–H groups in total. The second-order valence-electron chi connectivity index (χ2n) is 5.62. The van der Waals surface area contributed by atoms with Crippen LogP contribution in [0.25, 0.3) is 0 Å². The summed E-state index contributed by atoms with van der Waals surface area (Å²) in [6.45, 7) is 1.34. The summed E-state index contributed by atoms with van der Waals surface area (Å²) in [5.74, 6) is 0.00448. The first-order valence-electron chi connectivity index (χ1n) is 7.51. The number of benzene rings is 1. The first-order valence-corrected chi connectivity index (χ1v) is 8.95. The summed E-state index contributed by atoms with van der Waals surface area (Å²) in [6.07, 6.45) is 3.42. The van der Waals surface area contributed by atoms with E-state index in [0.29, 0.717) is 25.5 Å². The molecule has 1 aliphatic rings. The van der Waals surface area contributed by atoms with Crippen molar-refractivity contribution < 1.29 is 13.2 Å². The van der Waals surface area contributed by atoms with Gasteiger partial charge in [-0.2, -0.15) is 4.31 Å². The predicted molar refractivity (Wildman–Crippen MR) is 87.7 cm³/mol. The highest BCUT2D eigenvalue weighted by atomic mass is 32.2. The summed E-state index contributed by atoms with van der Waals surface area (Å²) in [7, 11) is -1.95. The lowest BCUT2D eigenvalue weighted by atomic mass is 10.2. The van der Waals surface area contributed by atoms with Gasteiger partial charge in [0.1, 0.15) is 5.82 Å². The molecule has 9 heteroatoms. The molecule has 2 aromatic rings. The smallest absolute Gasteiger partial charge is 0.248 e. The topological polar surface area (TPSA) is 110 Å². The van der Waals surface area contributed by atoms with E-state index in [-0.39, 0.29) is 10.5 Å². The lowest BCUT2D eigenvalue weighted by Gasteiger charge is -2.34. The number of rotatable bonds is 4. The largest absolute Gasteiger partial charge is 0.366 e. The zero-order chi connectivity index (χ0) is 17.3. The Morgan fingerprint density at radius 1 is 1.42 bits per heavy atom. The number of imidazole rings is 1. The van der Waals surface area contributed by atoms with Crippen LogP contribution in [-0.2, 0) is 17.1 Å². The highest BCUT2D eigenvalue weighted by Crippen LogP contribution is 2.28. The van der Waals surface area contributed by atoms with Gasteiger partial charge < -0.3 is 15.6 Å². The molecule has 3 rings (SSSR count). The SMILES string of the molecule is Cn1ccnc1C1CNCCN1S(=O)(=O)c1cccc(C(N)=O)c1. The van der Waals surface area contributed by atoms with Crippen molar-refractivity contribution in [3.63, 3.8) is 0 Å². The number of sulfonamides is 1. The standard InChI is InChI=1S/C15H19N5O3S/c1-19-7-6-18-15(19)13-10-17-5-8-20(13)24(22,23)12-4-2-3-11(9-12)14(16)21/h2-4,6-7,9,13,17H,5,8,10H2,1H3,(H2,16,21). The molecule has 0 spiro atoms. The Morgan fingerprint density at radius 3 is 2.88 bits per heavy atom. The van der Waals surface area contributed by atoms with Crippen LogP contribution in [0.4, 0.5) is 0 Å². The normalized spacial score (nSPS) is 19.3. The Balaban J connectivity index is 2.02. The van der Waals surface area contributed by atoms with Gasteiger partial charge in [0.15, 0.2) is 0 Å². The fourth-order valence-corrected chi connectivity index (χ4v) is 4.47. The van der Waals surface area contributed by atoms with Crippen molar-refractivity contribution in [1.82, 2.24) is 19.2 Å². The van der Waals surface area contributed by atoms with E-state index in [9.17, 15) is 13.2 Å². The monoisotopic (exact) mass is 349 g/mol. The highest BCUT2D eigenvalue weighted by molar-refractivity contribution is 7.89. The second kappa shape index (κ2) is 6.34. The van der Waals surface area contributed by atoms with E-state index in [1.54, 1.807) is 17.0 Å². The molecular formula is C15H19N5O3S. The molecule has 1 fully saturated rings. The van der Waals surface area contributed by atoms with Crippen LogP contribution in [0.2, 0.25) is 0 Å². The Hall–Kier alpha value is -2.23. The number of aryl methyl sites for hydroxylation is 1. The summed E-state index contributed by atoms with van der Waals surface area (Å²) in [6, 6.07) is 5.38. The number of hydrogen-bond donors (Lipinski definition) is 2. The number of nitrogens with two attached hydrogens (primary N) is 1. The number of nitrogens with one attached hydrogen (secondary N) is 1. The molecule has 128 valence electrons. The average molecular weight is 349 g/mol. The quantitative estimate of drug-likeness (QED) is 0.798. The summed E-state index contributed by atoms with van der Waals surface area (Å²) in [5.41, 5.74) is 5.42. The average Bonchev–Trinajstić information content (AvgIpc) is 3.01. The summed E-state index contributed by atoms with van der Waals surface area (Å²) in [5, 5.41) is 3.20. The lowest BCUT2D eigenvalue weighted by Crippen LogP contribution is -2.49. The van der Waals surface area contributed by atoms with Crippen LogP contribution in [0, 0.1) is 0 Å². The molecular weight excluding hydrogens is 330 g/mol.